The average molecular weight is 297 g/mol. The summed E-state index contributed by atoms with van der Waals surface area (Å²) >= 11 is 0. The highest BCUT2D eigenvalue weighted by Gasteiger charge is 2.27. The van der Waals surface area contributed by atoms with Gasteiger partial charge >= 0.3 is 6.18 Å². The molecule has 0 amide bonds. The van der Waals surface area contributed by atoms with Gasteiger partial charge in [-0.2, -0.15) is 13.2 Å². The molecule has 0 heterocycles. The second kappa shape index (κ2) is 5.38. The lowest BCUT2D eigenvalue weighted by Gasteiger charge is -2.14. The lowest BCUT2D eigenvalue weighted by molar-refractivity contribution is -0.139. The Balaban J connectivity index is 2.93. The van der Waals surface area contributed by atoms with E-state index in [9.17, 15) is 21.6 Å². The van der Waals surface area contributed by atoms with Crippen LogP contribution in [-0.4, -0.2) is 21.2 Å². The van der Waals surface area contributed by atoms with Gasteiger partial charge < -0.3 is 4.74 Å². The molecule has 0 atom stereocenters. The minimum absolute atomic E-state index is 0.0920. The molecule has 0 aromatic heterocycles. The Morgan fingerprint density at radius 1 is 1.21 bits per heavy atom. The molecule has 0 radical (unpaired) electrons. The van der Waals surface area contributed by atoms with Gasteiger partial charge in [-0.25, -0.2) is 13.6 Å². The summed E-state index contributed by atoms with van der Waals surface area (Å²) in [5.41, 5.74) is 0.845. The first-order valence-electron chi connectivity index (χ1n) is 5.34. The van der Waals surface area contributed by atoms with Crippen molar-refractivity contribution in [3.63, 3.8) is 0 Å². The van der Waals surface area contributed by atoms with Crippen LogP contribution in [0.5, 0.6) is 5.75 Å². The highest BCUT2D eigenvalue weighted by Crippen LogP contribution is 2.27. The second-order valence-corrected chi connectivity index (χ2v) is 5.71. The molecule has 0 aliphatic heterocycles. The van der Waals surface area contributed by atoms with Crippen LogP contribution < -0.4 is 9.88 Å². The van der Waals surface area contributed by atoms with E-state index in [2.05, 4.69) is 0 Å². The van der Waals surface area contributed by atoms with Crippen LogP contribution in [0.15, 0.2) is 17.0 Å². The maximum atomic E-state index is 12.0. The molecule has 4 nitrogen and oxygen atoms in total. The van der Waals surface area contributed by atoms with Gasteiger partial charge in [0.05, 0.1) is 17.9 Å². The van der Waals surface area contributed by atoms with Gasteiger partial charge in [-0.05, 0) is 37.1 Å². The standard InChI is InChI=1S/C11H14F3NO3S/c1-7-5-9(19(15,16)17)6-8(2)10(7)18-4-3-11(12,13)14/h5-6H,3-4H2,1-2H3,(H2,15,16,17). The Morgan fingerprint density at radius 3 is 2.05 bits per heavy atom. The minimum atomic E-state index is -4.29. The van der Waals surface area contributed by atoms with E-state index in [1.54, 1.807) is 13.8 Å². The number of nitrogens with two attached hydrogens (primary N) is 1. The molecular formula is C11H14F3NO3S. The molecule has 1 aromatic rings. The van der Waals surface area contributed by atoms with Crippen molar-refractivity contribution >= 4 is 10.0 Å². The van der Waals surface area contributed by atoms with Crippen molar-refractivity contribution in [3.05, 3.63) is 23.3 Å². The lowest BCUT2D eigenvalue weighted by Crippen LogP contribution is -2.15. The SMILES string of the molecule is Cc1cc(S(N)(=O)=O)cc(C)c1OCCC(F)(F)F. The number of hydrogen-bond donors (Lipinski definition) is 1. The van der Waals surface area contributed by atoms with Gasteiger partial charge in [-0.15, -0.1) is 0 Å². The van der Waals surface area contributed by atoms with Crippen molar-refractivity contribution in [1.29, 1.82) is 0 Å². The highest BCUT2D eigenvalue weighted by atomic mass is 32.2. The summed E-state index contributed by atoms with van der Waals surface area (Å²) in [6.07, 6.45) is -5.36. The summed E-state index contributed by atoms with van der Waals surface area (Å²) in [5, 5.41) is 4.98. The van der Waals surface area contributed by atoms with E-state index >= 15 is 0 Å². The van der Waals surface area contributed by atoms with Gasteiger partial charge in [0, 0.05) is 0 Å². The number of benzene rings is 1. The summed E-state index contributed by atoms with van der Waals surface area (Å²) in [5.74, 6) is 0.247. The maximum Gasteiger partial charge on any atom is 0.392 e. The predicted molar refractivity (Wildman–Crippen MR) is 63.5 cm³/mol. The van der Waals surface area contributed by atoms with E-state index < -0.39 is 29.2 Å². The van der Waals surface area contributed by atoms with E-state index in [1.165, 1.54) is 12.1 Å². The molecule has 8 heteroatoms. The Morgan fingerprint density at radius 2 is 1.68 bits per heavy atom. The van der Waals surface area contributed by atoms with Gasteiger partial charge in [-0.1, -0.05) is 0 Å². The molecule has 1 rings (SSSR count). The molecular weight excluding hydrogens is 283 g/mol. The maximum absolute atomic E-state index is 12.0. The highest BCUT2D eigenvalue weighted by molar-refractivity contribution is 7.89. The third kappa shape index (κ3) is 4.71. The number of hydrogen-bond acceptors (Lipinski definition) is 3. The van der Waals surface area contributed by atoms with E-state index in [0.717, 1.165) is 0 Å². The zero-order chi connectivity index (χ0) is 14.8. The van der Waals surface area contributed by atoms with E-state index in [4.69, 9.17) is 9.88 Å². The third-order valence-corrected chi connectivity index (χ3v) is 3.29. The van der Waals surface area contributed by atoms with Crippen LogP contribution >= 0.6 is 0 Å². The Labute approximate surface area is 109 Å². The molecule has 0 aliphatic carbocycles. The Bertz CT molecular complexity index is 544. The zero-order valence-electron chi connectivity index (χ0n) is 10.4. The molecule has 0 unspecified atom stereocenters. The van der Waals surface area contributed by atoms with Crippen molar-refractivity contribution < 1.29 is 26.3 Å². The number of sulfonamides is 1. The fourth-order valence-corrected chi connectivity index (χ4v) is 2.25. The molecule has 108 valence electrons. The number of primary sulfonamides is 1. The average Bonchev–Trinajstić information content (AvgIpc) is 2.18. The molecule has 0 saturated heterocycles. The lowest BCUT2D eigenvalue weighted by atomic mass is 10.1. The molecule has 0 saturated carbocycles. The number of rotatable bonds is 4. The van der Waals surface area contributed by atoms with Crippen LogP contribution in [0.25, 0.3) is 0 Å². The molecule has 19 heavy (non-hydrogen) atoms. The molecule has 0 aliphatic rings. The topological polar surface area (TPSA) is 69.4 Å². The molecule has 1 aromatic carbocycles. The van der Waals surface area contributed by atoms with Gasteiger partial charge in [0.15, 0.2) is 0 Å². The summed E-state index contributed by atoms with van der Waals surface area (Å²) in [7, 11) is -3.84. The largest absolute Gasteiger partial charge is 0.493 e. The minimum Gasteiger partial charge on any atom is -0.493 e. The quantitative estimate of drug-likeness (QED) is 0.927. The van der Waals surface area contributed by atoms with Crippen LogP contribution in [0.2, 0.25) is 0 Å². The number of halogens is 3. The summed E-state index contributed by atoms with van der Waals surface area (Å²) < 4.78 is 63.4. The molecule has 2 N–H and O–H groups in total. The number of aryl methyl sites for hydroxylation is 2. The van der Waals surface area contributed by atoms with Crippen LogP contribution in [0.3, 0.4) is 0 Å². The van der Waals surface area contributed by atoms with Crippen LogP contribution in [0, 0.1) is 13.8 Å². The molecule has 0 bridgehead atoms. The van der Waals surface area contributed by atoms with Crippen molar-refractivity contribution in [2.45, 2.75) is 31.3 Å². The van der Waals surface area contributed by atoms with Gasteiger partial charge in [0.2, 0.25) is 10.0 Å². The van der Waals surface area contributed by atoms with E-state index in [0.29, 0.717) is 11.1 Å². The second-order valence-electron chi connectivity index (χ2n) is 4.14. The van der Waals surface area contributed by atoms with Crippen LogP contribution in [0.1, 0.15) is 17.5 Å². The van der Waals surface area contributed by atoms with Gasteiger partial charge in [0.1, 0.15) is 5.75 Å². The Hall–Kier alpha value is -1.28. The van der Waals surface area contributed by atoms with Crippen molar-refractivity contribution in [3.8, 4) is 5.75 Å². The first-order valence-corrected chi connectivity index (χ1v) is 6.89. The summed E-state index contributed by atoms with van der Waals surface area (Å²) in [6, 6.07) is 2.54. The van der Waals surface area contributed by atoms with Crippen LogP contribution in [0.4, 0.5) is 13.2 Å². The van der Waals surface area contributed by atoms with Crippen molar-refractivity contribution in [2.75, 3.05) is 6.61 Å². The first kappa shape index (κ1) is 15.8. The van der Waals surface area contributed by atoms with Gasteiger partial charge in [-0.3, -0.25) is 0 Å². The zero-order valence-corrected chi connectivity index (χ0v) is 11.2. The molecule has 0 spiro atoms. The fourth-order valence-electron chi connectivity index (χ4n) is 1.57. The summed E-state index contributed by atoms with van der Waals surface area (Å²) in [6.45, 7) is 2.58. The third-order valence-electron chi connectivity index (χ3n) is 2.39. The predicted octanol–water partition coefficient (Wildman–Crippen LogP) is 2.28. The van der Waals surface area contributed by atoms with Crippen LogP contribution in [-0.2, 0) is 10.0 Å². The van der Waals surface area contributed by atoms with Crippen molar-refractivity contribution in [1.82, 2.24) is 0 Å². The number of ether oxygens (including phenoxy) is 1. The van der Waals surface area contributed by atoms with Crippen molar-refractivity contribution in [2.24, 2.45) is 5.14 Å². The summed E-state index contributed by atoms with van der Waals surface area (Å²) in [4.78, 5) is -0.0920. The van der Waals surface area contributed by atoms with E-state index in [1.807, 2.05) is 0 Å². The molecule has 0 fully saturated rings. The monoisotopic (exact) mass is 297 g/mol. The smallest absolute Gasteiger partial charge is 0.392 e. The van der Waals surface area contributed by atoms with Gasteiger partial charge in [0.25, 0.3) is 0 Å². The Kier molecular flexibility index (Phi) is 4.46. The fraction of sp³-hybridized carbons (Fsp3) is 0.455. The normalized spacial score (nSPS) is 12.5. The first-order chi connectivity index (χ1) is 8.50. The number of alkyl halides is 3. The van der Waals surface area contributed by atoms with E-state index in [-0.39, 0.29) is 10.6 Å².